The molecule has 0 fully saturated rings. The predicted octanol–water partition coefficient (Wildman–Crippen LogP) is 2.79. The van der Waals surface area contributed by atoms with Crippen molar-refractivity contribution in [2.75, 3.05) is 13.2 Å². The molecular weight excluding hydrogens is 321 g/mol. The zero-order valence-corrected chi connectivity index (χ0v) is 13.5. The molecule has 2 N–H and O–H groups in total. The quantitative estimate of drug-likeness (QED) is 0.679. The van der Waals surface area contributed by atoms with Crippen molar-refractivity contribution in [1.29, 1.82) is 0 Å². The van der Waals surface area contributed by atoms with Crippen molar-refractivity contribution in [1.82, 2.24) is 15.1 Å². The van der Waals surface area contributed by atoms with E-state index < -0.39 is 0 Å². The minimum absolute atomic E-state index is 0.00831. The molecular formula is C19H18FN3O2. The van der Waals surface area contributed by atoms with E-state index in [2.05, 4.69) is 10.4 Å². The highest BCUT2D eigenvalue weighted by atomic mass is 19.1. The summed E-state index contributed by atoms with van der Waals surface area (Å²) in [5, 5.41) is 16.1. The molecule has 0 unspecified atom stereocenters. The van der Waals surface area contributed by atoms with Crippen LogP contribution >= 0.6 is 0 Å². The van der Waals surface area contributed by atoms with E-state index >= 15 is 0 Å². The smallest absolute Gasteiger partial charge is 0.255 e. The van der Waals surface area contributed by atoms with Crippen molar-refractivity contribution in [2.45, 2.75) is 6.42 Å². The molecule has 0 spiro atoms. The van der Waals surface area contributed by atoms with Gasteiger partial charge in [0, 0.05) is 24.9 Å². The topological polar surface area (TPSA) is 67.2 Å². The number of benzene rings is 2. The van der Waals surface area contributed by atoms with Crippen molar-refractivity contribution in [3.63, 3.8) is 0 Å². The van der Waals surface area contributed by atoms with E-state index in [0.717, 1.165) is 5.69 Å². The Balaban J connectivity index is 2.00. The Kier molecular flexibility index (Phi) is 5.20. The van der Waals surface area contributed by atoms with Crippen molar-refractivity contribution in [3.05, 3.63) is 72.2 Å². The molecule has 5 nitrogen and oxygen atoms in total. The maximum absolute atomic E-state index is 13.2. The average molecular weight is 339 g/mol. The fraction of sp³-hybridized carbons (Fsp3) is 0.158. The molecule has 0 atom stereocenters. The SMILES string of the molecule is O=C(NCCCO)c1cn(-c2ccccc2)nc1-c1ccc(F)cc1. The van der Waals surface area contributed by atoms with Crippen LogP contribution in [0.15, 0.2) is 60.8 Å². The second-order valence-electron chi connectivity index (χ2n) is 5.51. The summed E-state index contributed by atoms with van der Waals surface area (Å²) in [7, 11) is 0. The van der Waals surface area contributed by atoms with Crippen LogP contribution in [0, 0.1) is 5.82 Å². The van der Waals surface area contributed by atoms with Crippen molar-refractivity contribution in [3.8, 4) is 16.9 Å². The Morgan fingerprint density at radius 2 is 1.84 bits per heavy atom. The van der Waals surface area contributed by atoms with E-state index in [0.29, 0.717) is 29.8 Å². The van der Waals surface area contributed by atoms with Crippen LogP contribution in [0.1, 0.15) is 16.8 Å². The first-order chi connectivity index (χ1) is 12.2. The van der Waals surface area contributed by atoms with Gasteiger partial charge in [0.25, 0.3) is 5.91 Å². The van der Waals surface area contributed by atoms with Gasteiger partial charge in [0.1, 0.15) is 11.5 Å². The maximum atomic E-state index is 13.2. The molecule has 0 aliphatic carbocycles. The third-order valence-electron chi connectivity index (χ3n) is 3.72. The fourth-order valence-corrected chi connectivity index (χ4v) is 2.45. The van der Waals surface area contributed by atoms with E-state index in [9.17, 15) is 9.18 Å². The second kappa shape index (κ2) is 7.72. The Hall–Kier alpha value is -2.99. The molecule has 0 bridgehead atoms. The number of para-hydroxylation sites is 1. The lowest BCUT2D eigenvalue weighted by Gasteiger charge is -2.04. The van der Waals surface area contributed by atoms with Crippen LogP contribution in [0.25, 0.3) is 16.9 Å². The molecule has 0 radical (unpaired) electrons. The van der Waals surface area contributed by atoms with Crippen molar-refractivity contribution in [2.24, 2.45) is 0 Å². The Morgan fingerprint density at radius 1 is 1.12 bits per heavy atom. The van der Waals surface area contributed by atoms with Gasteiger partial charge >= 0.3 is 0 Å². The number of aliphatic hydroxyl groups is 1. The van der Waals surface area contributed by atoms with E-state index in [1.807, 2.05) is 30.3 Å². The monoisotopic (exact) mass is 339 g/mol. The first-order valence-corrected chi connectivity index (χ1v) is 7.99. The molecule has 1 heterocycles. The number of aliphatic hydroxyl groups excluding tert-OH is 1. The molecule has 1 aromatic heterocycles. The van der Waals surface area contributed by atoms with Gasteiger partial charge in [0.15, 0.2) is 0 Å². The van der Waals surface area contributed by atoms with Gasteiger partial charge in [-0.2, -0.15) is 5.10 Å². The standard InChI is InChI=1S/C19H18FN3O2/c20-15-9-7-14(8-10-15)18-17(19(25)21-11-4-12-24)13-23(22-18)16-5-2-1-3-6-16/h1-3,5-10,13,24H,4,11-12H2,(H,21,25). The second-order valence-corrected chi connectivity index (χ2v) is 5.51. The van der Waals surface area contributed by atoms with Crippen LogP contribution < -0.4 is 5.32 Å². The van der Waals surface area contributed by atoms with Gasteiger partial charge in [-0.1, -0.05) is 18.2 Å². The number of hydrogen-bond acceptors (Lipinski definition) is 3. The molecule has 0 aliphatic rings. The molecule has 128 valence electrons. The van der Waals surface area contributed by atoms with Gasteiger partial charge < -0.3 is 10.4 Å². The number of carbonyl (C=O) groups excluding carboxylic acids is 1. The highest BCUT2D eigenvalue weighted by molar-refractivity contribution is 5.99. The van der Waals surface area contributed by atoms with Gasteiger partial charge in [-0.3, -0.25) is 4.79 Å². The largest absolute Gasteiger partial charge is 0.396 e. The Morgan fingerprint density at radius 3 is 2.52 bits per heavy atom. The van der Waals surface area contributed by atoms with Crippen LogP contribution in [0.5, 0.6) is 0 Å². The van der Waals surface area contributed by atoms with Gasteiger partial charge in [0.2, 0.25) is 0 Å². The van der Waals surface area contributed by atoms with E-state index in [1.165, 1.54) is 12.1 Å². The number of aromatic nitrogens is 2. The van der Waals surface area contributed by atoms with Gasteiger partial charge in [-0.15, -0.1) is 0 Å². The van der Waals surface area contributed by atoms with E-state index in [4.69, 9.17) is 5.11 Å². The van der Waals surface area contributed by atoms with Crippen LogP contribution in [0.4, 0.5) is 4.39 Å². The molecule has 0 saturated heterocycles. The number of amides is 1. The van der Waals surface area contributed by atoms with Crippen LogP contribution in [-0.2, 0) is 0 Å². The minimum atomic E-state index is -0.347. The van der Waals surface area contributed by atoms with Crippen LogP contribution in [0.2, 0.25) is 0 Å². The third kappa shape index (κ3) is 3.92. The van der Waals surface area contributed by atoms with Crippen molar-refractivity contribution < 1.29 is 14.3 Å². The lowest BCUT2D eigenvalue weighted by Crippen LogP contribution is -2.25. The summed E-state index contributed by atoms with van der Waals surface area (Å²) in [4.78, 5) is 12.5. The molecule has 25 heavy (non-hydrogen) atoms. The number of rotatable bonds is 6. The van der Waals surface area contributed by atoms with E-state index in [1.54, 1.807) is 23.0 Å². The van der Waals surface area contributed by atoms with Gasteiger partial charge in [-0.25, -0.2) is 9.07 Å². The summed E-state index contributed by atoms with van der Waals surface area (Å²) < 4.78 is 14.8. The molecule has 0 saturated carbocycles. The summed E-state index contributed by atoms with van der Waals surface area (Å²) in [5.74, 6) is -0.629. The number of hydrogen-bond donors (Lipinski definition) is 2. The lowest BCUT2D eigenvalue weighted by molar-refractivity contribution is 0.0952. The molecule has 0 aliphatic heterocycles. The molecule has 2 aromatic carbocycles. The number of halogens is 1. The molecule has 1 amide bonds. The lowest BCUT2D eigenvalue weighted by atomic mass is 10.1. The van der Waals surface area contributed by atoms with Crippen molar-refractivity contribution >= 4 is 5.91 Å². The summed E-state index contributed by atoms with van der Waals surface area (Å²) in [5.41, 5.74) is 2.35. The van der Waals surface area contributed by atoms with Crippen LogP contribution in [-0.4, -0.2) is 33.9 Å². The first kappa shape index (κ1) is 16.9. The Labute approximate surface area is 144 Å². The van der Waals surface area contributed by atoms with Gasteiger partial charge in [0.05, 0.1) is 11.3 Å². The fourth-order valence-electron chi connectivity index (χ4n) is 2.45. The summed E-state index contributed by atoms with van der Waals surface area (Å²) >= 11 is 0. The summed E-state index contributed by atoms with van der Waals surface area (Å²) in [6.07, 6.45) is 2.13. The first-order valence-electron chi connectivity index (χ1n) is 7.99. The highest BCUT2D eigenvalue weighted by Gasteiger charge is 2.18. The average Bonchev–Trinajstić information content (AvgIpc) is 3.09. The van der Waals surface area contributed by atoms with Gasteiger partial charge in [-0.05, 0) is 42.8 Å². The zero-order valence-electron chi connectivity index (χ0n) is 13.5. The predicted molar refractivity (Wildman–Crippen MR) is 93.0 cm³/mol. The number of nitrogens with zero attached hydrogens (tertiary/aromatic N) is 2. The zero-order chi connectivity index (χ0) is 17.6. The molecule has 3 rings (SSSR count). The highest BCUT2D eigenvalue weighted by Crippen LogP contribution is 2.24. The minimum Gasteiger partial charge on any atom is -0.396 e. The number of carbonyl (C=O) groups is 1. The summed E-state index contributed by atoms with van der Waals surface area (Å²) in [6, 6.07) is 15.3. The maximum Gasteiger partial charge on any atom is 0.255 e. The van der Waals surface area contributed by atoms with Crippen LogP contribution in [0.3, 0.4) is 0 Å². The normalized spacial score (nSPS) is 10.6. The third-order valence-corrected chi connectivity index (χ3v) is 3.72. The molecule has 6 heteroatoms. The molecule has 3 aromatic rings. The number of nitrogens with one attached hydrogen (secondary N) is 1. The Bertz CT molecular complexity index is 845. The summed E-state index contributed by atoms with van der Waals surface area (Å²) in [6.45, 7) is 0.378. The van der Waals surface area contributed by atoms with E-state index in [-0.39, 0.29) is 18.3 Å².